The van der Waals surface area contributed by atoms with Crippen LogP contribution in [0.1, 0.15) is 36.2 Å². The van der Waals surface area contributed by atoms with Gasteiger partial charge in [0.2, 0.25) is 0 Å². The van der Waals surface area contributed by atoms with Crippen molar-refractivity contribution >= 4 is 35.0 Å². The van der Waals surface area contributed by atoms with Crippen molar-refractivity contribution in [3.8, 4) is 0 Å². The third-order valence-corrected chi connectivity index (χ3v) is 3.67. The highest BCUT2D eigenvalue weighted by atomic mass is 32.2. The molecule has 0 aliphatic carbocycles. The topological polar surface area (TPSA) is 53.2 Å². The largest absolute Gasteiger partial charge is 0.361 e. The zero-order valence-electron chi connectivity index (χ0n) is 12.7. The first-order chi connectivity index (χ1) is 10.0. The predicted molar refractivity (Wildman–Crippen MR) is 94.3 cm³/mol. The SMILES string of the molecule is CSCc1cccc(C(=O)NNC(=S)NCCC(C)C)c1. The van der Waals surface area contributed by atoms with Gasteiger partial charge in [0, 0.05) is 17.9 Å². The van der Waals surface area contributed by atoms with E-state index in [4.69, 9.17) is 12.2 Å². The summed E-state index contributed by atoms with van der Waals surface area (Å²) in [5.74, 6) is 1.32. The van der Waals surface area contributed by atoms with Crippen LogP contribution in [-0.2, 0) is 5.75 Å². The van der Waals surface area contributed by atoms with Gasteiger partial charge in [-0.1, -0.05) is 26.0 Å². The number of hydrogen-bond donors (Lipinski definition) is 3. The van der Waals surface area contributed by atoms with Gasteiger partial charge in [-0.25, -0.2) is 0 Å². The maximum absolute atomic E-state index is 12.0. The van der Waals surface area contributed by atoms with Crippen molar-refractivity contribution in [2.24, 2.45) is 5.92 Å². The molecule has 0 spiro atoms. The molecule has 0 unspecified atom stereocenters. The number of thiocarbonyl (C=S) groups is 1. The number of hydrogen-bond acceptors (Lipinski definition) is 3. The van der Waals surface area contributed by atoms with Gasteiger partial charge in [0.1, 0.15) is 0 Å². The van der Waals surface area contributed by atoms with Crippen LogP contribution in [0.2, 0.25) is 0 Å². The van der Waals surface area contributed by atoms with E-state index in [1.54, 1.807) is 17.8 Å². The summed E-state index contributed by atoms with van der Waals surface area (Å²) in [4.78, 5) is 12.0. The van der Waals surface area contributed by atoms with Gasteiger partial charge < -0.3 is 5.32 Å². The number of rotatable bonds is 6. The van der Waals surface area contributed by atoms with Gasteiger partial charge in [-0.2, -0.15) is 11.8 Å². The van der Waals surface area contributed by atoms with E-state index in [1.807, 2.05) is 24.5 Å². The van der Waals surface area contributed by atoms with Gasteiger partial charge in [-0.3, -0.25) is 15.6 Å². The number of benzene rings is 1. The monoisotopic (exact) mass is 325 g/mol. The Labute approximate surface area is 136 Å². The van der Waals surface area contributed by atoms with Crippen molar-refractivity contribution in [3.05, 3.63) is 35.4 Å². The molecule has 1 rings (SSSR count). The maximum atomic E-state index is 12.0. The summed E-state index contributed by atoms with van der Waals surface area (Å²) in [6.07, 6.45) is 3.07. The zero-order valence-corrected chi connectivity index (χ0v) is 14.4. The molecule has 0 saturated carbocycles. The Morgan fingerprint density at radius 2 is 2.10 bits per heavy atom. The molecule has 6 heteroatoms. The average molecular weight is 326 g/mol. The lowest BCUT2D eigenvalue weighted by Crippen LogP contribution is -2.47. The Hall–Kier alpha value is -1.27. The van der Waals surface area contributed by atoms with Crippen molar-refractivity contribution in [1.29, 1.82) is 0 Å². The fourth-order valence-corrected chi connectivity index (χ4v) is 2.34. The highest BCUT2D eigenvalue weighted by molar-refractivity contribution is 7.97. The van der Waals surface area contributed by atoms with Crippen LogP contribution in [0.25, 0.3) is 0 Å². The third-order valence-electron chi connectivity index (χ3n) is 2.80. The van der Waals surface area contributed by atoms with Crippen LogP contribution in [0.4, 0.5) is 0 Å². The molecule has 0 bridgehead atoms. The van der Waals surface area contributed by atoms with Crippen LogP contribution in [0, 0.1) is 5.92 Å². The molecule has 21 heavy (non-hydrogen) atoms. The van der Waals surface area contributed by atoms with E-state index in [-0.39, 0.29) is 5.91 Å². The fraction of sp³-hybridized carbons (Fsp3) is 0.467. The van der Waals surface area contributed by atoms with Crippen LogP contribution < -0.4 is 16.2 Å². The van der Waals surface area contributed by atoms with Crippen molar-refractivity contribution in [1.82, 2.24) is 16.2 Å². The van der Waals surface area contributed by atoms with Crippen molar-refractivity contribution in [3.63, 3.8) is 0 Å². The molecular weight excluding hydrogens is 302 g/mol. The Kier molecular flexibility index (Phi) is 8.15. The zero-order chi connectivity index (χ0) is 15.7. The molecule has 1 aromatic rings. The molecule has 0 aromatic heterocycles. The quantitative estimate of drug-likeness (QED) is 0.555. The van der Waals surface area contributed by atoms with Crippen LogP contribution in [0.15, 0.2) is 24.3 Å². The molecule has 0 fully saturated rings. The van der Waals surface area contributed by atoms with Gasteiger partial charge in [-0.15, -0.1) is 0 Å². The summed E-state index contributed by atoms with van der Waals surface area (Å²) in [6.45, 7) is 5.10. The van der Waals surface area contributed by atoms with E-state index in [1.165, 1.54) is 0 Å². The van der Waals surface area contributed by atoms with Gasteiger partial charge in [0.25, 0.3) is 5.91 Å². The van der Waals surface area contributed by atoms with E-state index >= 15 is 0 Å². The first-order valence-corrected chi connectivity index (χ1v) is 8.75. The van der Waals surface area contributed by atoms with Gasteiger partial charge in [-0.05, 0) is 48.5 Å². The van der Waals surface area contributed by atoms with E-state index in [9.17, 15) is 4.79 Å². The summed E-state index contributed by atoms with van der Waals surface area (Å²) < 4.78 is 0. The lowest BCUT2D eigenvalue weighted by atomic mass is 10.1. The first kappa shape index (κ1) is 17.8. The first-order valence-electron chi connectivity index (χ1n) is 6.95. The van der Waals surface area contributed by atoms with Gasteiger partial charge >= 0.3 is 0 Å². The summed E-state index contributed by atoms with van der Waals surface area (Å²) in [7, 11) is 0. The van der Waals surface area contributed by atoms with Crippen LogP contribution in [0.3, 0.4) is 0 Å². The number of amides is 1. The van der Waals surface area contributed by atoms with Crippen LogP contribution >= 0.6 is 24.0 Å². The number of carbonyl (C=O) groups excluding carboxylic acids is 1. The smallest absolute Gasteiger partial charge is 0.269 e. The molecule has 4 nitrogen and oxygen atoms in total. The molecule has 0 radical (unpaired) electrons. The normalized spacial score (nSPS) is 10.3. The van der Waals surface area contributed by atoms with Crippen molar-refractivity contribution in [2.45, 2.75) is 26.0 Å². The van der Waals surface area contributed by atoms with E-state index in [0.29, 0.717) is 16.6 Å². The van der Waals surface area contributed by atoms with Gasteiger partial charge in [0.05, 0.1) is 0 Å². The molecular formula is C15H23N3OS2. The highest BCUT2D eigenvalue weighted by Crippen LogP contribution is 2.11. The number of thioether (sulfide) groups is 1. The summed E-state index contributed by atoms with van der Waals surface area (Å²) in [6, 6.07) is 7.58. The molecule has 0 atom stereocenters. The minimum Gasteiger partial charge on any atom is -0.361 e. The second-order valence-electron chi connectivity index (χ2n) is 5.15. The lowest BCUT2D eigenvalue weighted by Gasteiger charge is -2.12. The Balaban J connectivity index is 2.39. The number of nitrogens with one attached hydrogen (secondary N) is 3. The summed E-state index contributed by atoms with van der Waals surface area (Å²) in [5, 5.41) is 3.49. The van der Waals surface area contributed by atoms with E-state index in [2.05, 4.69) is 30.0 Å². The molecule has 1 aromatic carbocycles. The molecule has 0 saturated heterocycles. The van der Waals surface area contributed by atoms with E-state index < -0.39 is 0 Å². The fourth-order valence-electron chi connectivity index (χ4n) is 1.67. The van der Waals surface area contributed by atoms with Crippen molar-refractivity contribution < 1.29 is 4.79 Å². The molecule has 116 valence electrons. The van der Waals surface area contributed by atoms with Crippen LogP contribution in [0.5, 0.6) is 0 Å². The van der Waals surface area contributed by atoms with Crippen LogP contribution in [-0.4, -0.2) is 23.8 Å². The Morgan fingerprint density at radius 3 is 2.76 bits per heavy atom. The third kappa shape index (κ3) is 7.34. The molecule has 0 aliphatic heterocycles. The standard InChI is InChI=1S/C15H23N3OS2/c1-11(2)7-8-16-15(20)18-17-14(19)13-6-4-5-12(9-13)10-21-3/h4-6,9,11H,7-8,10H2,1-3H3,(H,17,19)(H2,16,18,20). The number of hydrazine groups is 1. The number of carbonyl (C=O) groups is 1. The molecule has 0 aliphatic rings. The maximum Gasteiger partial charge on any atom is 0.269 e. The van der Waals surface area contributed by atoms with Gasteiger partial charge in [0.15, 0.2) is 5.11 Å². The minimum absolute atomic E-state index is 0.189. The summed E-state index contributed by atoms with van der Waals surface area (Å²) >= 11 is 6.83. The lowest BCUT2D eigenvalue weighted by molar-refractivity contribution is 0.0943. The summed E-state index contributed by atoms with van der Waals surface area (Å²) in [5.41, 5.74) is 7.08. The van der Waals surface area contributed by atoms with E-state index in [0.717, 1.165) is 24.3 Å². The minimum atomic E-state index is -0.189. The molecule has 3 N–H and O–H groups in total. The Morgan fingerprint density at radius 1 is 1.33 bits per heavy atom. The Bertz CT molecular complexity index is 478. The molecule has 1 amide bonds. The second-order valence-corrected chi connectivity index (χ2v) is 6.43. The second kappa shape index (κ2) is 9.63. The highest BCUT2D eigenvalue weighted by Gasteiger charge is 2.06. The predicted octanol–water partition coefficient (Wildman–Crippen LogP) is 2.70. The molecule has 0 heterocycles. The average Bonchev–Trinajstić information content (AvgIpc) is 2.45. The van der Waals surface area contributed by atoms with Crippen molar-refractivity contribution in [2.75, 3.05) is 12.8 Å².